The number of hydrogen-bond donors (Lipinski definition) is 1. The summed E-state index contributed by atoms with van der Waals surface area (Å²) in [4.78, 5) is 6.54. The molecule has 0 atom stereocenters. The van der Waals surface area contributed by atoms with Crippen LogP contribution in [-0.2, 0) is 20.6 Å². The number of ether oxygens (including phenoxy) is 1. The van der Waals surface area contributed by atoms with E-state index in [0.717, 1.165) is 49.5 Å². The van der Waals surface area contributed by atoms with E-state index < -0.39 is 7.12 Å². The molecule has 2 fully saturated rings. The van der Waals surface area contributed by atoms with Gasteiger partial charge in [0.25, 0.3) is 0 Å². The molecule has 2 aromatic rings. The zero-order valence-corrected chi connectivity index (χ0v) is 16.6. The van der Waals surface area contributed by atoms with Gasteiger partial charge in [-0.15, -0.1) is 0 Å². The van der Waals surface area contributed by atoms with E-state index >= 15 is 0 Å². The van der Waals surface area contributed by atoms with Crippen LogP contribution in [0.25, 0.3) is 5.52 Å². The highest BCUT2D eigenvalue weighted by molar-refractivity contribution is 6.64. The van der Waals surface area contributed by atoms with Gasteiger partial charge in [-0.2, -0.15) is 5.10 Å². The fourth-order valence-electron chi connectivity index (χ4n) is 3.52. The molecule has 146 valence electrons. The first-order chi connectivity index (χ1) is 12.8. The van der Waals surface area contributed by atoms with Crippen molar-refractivity contribution in [3.8, 4) is 0 Å². The van der Waals surface area contributed by atoms with Crippen LogP contribution in [0, 0.1) is 5.41 Å². The molecular formula is C18H28BN5O3. The van der Waals surface area contributed by atoms with Crippen LogP contribution in [-0.4, -0.2) is 65.1 Å². The van der Waals surface area contributed by atoms with E-state index in [1.807, 2.05) is 4.52 Å². The summed E-state index contributed by atoms with van der Waals surface area (Å²) in [5.74, 6) is 0.433. The number of fused-ring (bicyclic) bond motifs is 1. The molecule has 0 bridgehead atoms. The molecule has 4 heterocycles. The molecule has 0 amide bonds. The van der Waals surface area contributed by atoms with Gasteiger partial charge in [0.15, 0.2) is 5.82 Å². The summed E-state index contributed by atoms with van der Waals surface area (Å²) in [6, 6.07) is 2.09. The van der Waals surface area contributed by atoms with Crippen LogP contribution in [0.4, 0.5) is 5.82 Å². The minimum Gasteiger partial charge on any atom is -0.407 e. The molecule has 2 aliphatic heterocycles. The van der Waals surface area contributed by atoms with Crippen LogP contribution in [0.2, 0.25) is 0 Å². The smallest absolute Gasteiger partial charge is 0.407 e. The van der Waals surface area contributed by atoms with Gasteiger partial charge in [-0.3, -0.25) is 4.90 Å². The lowest BCUT2D eigenvalue weighted by molar-refractivity contribution is -0.0936. The SMILES string of the molecule is CC1(C)COB(c2cc(CN3CCOCC3)n3ncnc(N)c23)OC1(C)C. The predicted molar refractivity (Wildman–Crippen MR) is 104 cm³/mol. The quantitative estimate of drug-likeness (QED) is 0.792. The van der Waals surface area contributed by atoms with Crippen molar-refractivity contribution in [2.75, 3.05) is 38.6 Å². The molecule has 2 saturated heterocycles. The van der Waals surface area contributed by atoms with E-state index in [4.69, 9.17) is 19.8 Å². The Morgan fingerprint density at radius 1 is 1.22 bits per heavy atom. The molecule has 8 nitrogen and oxygen atoms in total. The van der Waals surface area contributed by atoms with E-state index in [1.165, 1.54) is 6.33 Å². The van der Waals surface area contributed by atoms with Gasteiger partial charge in [-0.1, -0.05) is 13.8 Å². The highest BCUT2D eigenvalue weighted by Gasteiger charge is 2.48. The summed E-state index contributed by atoms with van der Waals surface area (Å²) in [6.07, 6.45) is 1.49. The zero-order chi connectivity index (χ0) is 19.2. The van der Waals surface area contributed by atoms with Crippen LogP contribution < -0.4 is 11.2 Å². The van der Waals surface area contributed by atoms with Crippen LogP contribution in [0.15, 0.2) is 12.4 Å². The summed E-state index contributed by atoms with van der Waals surface area (Å²) in [5, 5.41) is 4.44. The van der Waals surface area contributed by atoms with Crippen LogP contribution >= 0.6 is 0 Å². The van der Waals surface area contributed by atoms with Gasteiger partial charge in [0.2, 0.25) is 0 Å². The third kappa shape index (κ3) is 3.33. The van der Waals surface area contributed by atoms with Crippen LogP contribution in [0.5, 0.6) is 0 Å². The largest absolute Gasteiger partial charge is 0.496 e. The number of hydrogen-bond acceptors (Lipinski definition) is 7. The Hall–Kier alpha value is -1.68. The summed E-state index contributed by atoms with van der Waals surface area (Å²) in [5.41, 5.74) is 8.50. The first-order valence-electron chi connectivity index (χ1n) is 9.49. The minimum absolute atomic E-state index is 0.0856. The molecule has 0 unspecified atom stereocenters. The molecule has 0 radical (unpaired) electrons. The van der Waals surface area contributed by atoms with Gasteiger partial charge < -0.3 is 19.8 Å². The van der Waals surface area contributed by atoms with Gasteiger partial charge in [0.1, 0.15) is 11.8 Å². The molecule has 9 heteroatoms. The maximum Gasteiger partial charge on any atom is 0.496 e. The molecule has 27 heavy (non-hydrogen) atoms. The molecule has 0 aliphatic carbocycles. The van der Waals surface area contributed by atoms with E-state index in [2.05, 4.69) is 48.7 Å². The Morgan fingerprint density at radius 3 is 2.67 bits per heavy atom. The number of nitrogens with zero attached hydrogens (tertiary/aromatic N) is 4. The fourth-order valence-corrected chi connectivity index (χ4v) is 3.52. The van der Waals surface area contributed by atoms with Crippen LogP contribution in [0.3, 0.4) is 0 Å². The summed E-state index contributed by atoms with van der Waals surface area (Å²) >= 11 is 0. The highest BCUT2D eigenvalue weighted by Crippen LogP contribution is 2.38. The second kappa shape index (κ2) is 6.74. The third-order valence-electron chi connectivity index (χ3n) is 6.06. The number of anilines is 1. The van der Waals surface area contributed by atoms with Gasteiger partial charge in [0, 0.05) is 37.1 Å². The minimum atomic E-state index is -0.491. The number of nitrogens with two attached hydrogens (primary N) is 1. The molecule has 0 aromatic carbocycles. The van der Waals surface area contributed by atoms with Crippen molar-refractivity contribution in [3.05, 3.63) is 18.1 Å². The Balaban J connectivity index is 1.70. The Bertz CT molecular complexity index is 832. The average Bonchev–Trinajstić information content (AvgIpc) is 2.98. The van der Waals surface area contributed by atoms with Gasteiger partial charge in [-0.25, -0.2) is 9.50 Å². The lowest BCUT2D eigenvalue weighted by atomic mass is 9.69. The van der Waals surface area contributed by atoms with Crippen molar-refractivity contribution in [3.63, 3.8) is 0 Å². The summed E-state index contributed by atoms with van der Waals surface area (Å²) < 4.78 is 19.8. The maximum atomic E-state index is 6.36. The molecule has 2 aliphatic rings. The molecular weight excluding hydrogens is 345 g/mol. The van der Waals surface area contributed by atoms with Gasteiger partial charge >= 0.3 is 7.12 Å². The molecule has 0 spiro atoms. The van der Waals surface area contributed by atoms with Gasteiger partial charge in [0.05, 0.1) is 24.5 Å². The number of aromatic nitrogens is 3. The Labute approximate surface area is 160 Å². The van der Waals surface area contributed by atoms with E-state index in [1.54, 1.807) is 0 Å². The summed E-state index contributed by atoms with van der Waals surface area (Å²) in [7, 11) is -0.491. The van der Waals surface area contributed by atoms with Crippen molar-refractivity contribution >= 4 is 23.9 Å². The molecule has 0 saturated carbocycles. The fraction of sp³-hybridized carbons (Fsp3) is 0.667. The Morgan fingerprint density at radius 2 is 1.96 bits per heavy atom. The first-order valence-corrected chi connectivity index (χ1v) is 9.49. The van der Waals surface area contributed by atoms with Crippen molar-refractivity contribution in [2.45, 2.75) is 39.8 Å². The molecule has 2 aromatic heterocycles. The molecule has 4 rings (SSSR count). The van der Waals surface area contributed by atoms with Crippen molar-refractivity contribution in [2.24, 2.45) is 5.41 Å². The van der Waals surface area contributed by atoms with E-state index in [-0.39, 0.29) is 11.0 Å². The van der Waals surface area contributed by atoms with E-state index in [9.17, 15) is 0 Å². The Kier molecular flexibility index (Phi) is 4.66. The second-order valence-corrected chi connectivity index (χ2v) is 8.54. The predicted octanol–water partition coefficient (Wildman–Crippen LogP) is 0.691. The maximum absolute atomic E-state index is 6.36. The lowest BCUT2D eigenvalue weighted by Gasteiger charge is -2.47. The number of nitrogen functional groups attached to an aromatic ring is 1. The third-order valence-corrected chi connectivity index (χ3v) is 6.06. The van der Waals surface area contributed by atoms with E-state index in [0.29, 0.717) is 12.4 Å². The zero-order valence-electron chi connectivity index (χ0n) is 16.6. The lowest BCUT2D eigenvalue weighted by Crippen LogP contribution is -2.58. The standard InChI is InChI=1S/C18H28BN5O3/c1-17(2)11-26-19(27-18(17,3)4)14-9-13(10-23-5-7-25-8-6-23)24-15(14)16(20)21-12-22-24/h9,12H,5-8,10-11H2,1-4H3,(H2,20,21,22). The molecule has 2 N–H and O–H groups in total. The van der Waals surface area contributed by atoms with Crippen molar-refractivity contribution in [1.29, 1.82) is 0 Å². The number of morpholine rings is 1. The van der Waals surface area contributed by atoms with Crippen molar-refractivity contribution < 1.29 is 14.0 Å². The highest BCUT2D eigenvalue weighted by atomic mass is 16.6. The monoisotopic (exact) mass is 373 g/mol. The number of rotatable bonds is 3. The van der Waals surface area contributed by atoms with Crippen LogP contribution in [0.1, 0.15) is 33.4 Å². The van der Waals surface area contributed by atoms with Crippen molar-refractivity contribution in [1.82, 2.24) is 19.5 Å². The summed E-state index contributed by atoms with van der Waals surface area (Å²) in [6.45, 7) is 13.2. The topological polar surface area (TPSA) is 87.1 Å². The second-order valence-electron chi connectivity index (χ2n) is 8.54. The normalized spacial score (nSPS) is 23.0. The first kappa shape index (κ1) is 18.7. The van der Waals surface area contributed by atoms with Gasteiger partial charge in [-0.05, 0) is 19.9 Å². The average molecular weight is 373 g/mol.